The summed E-state index contributed by atoms with van der Waals surface area (Å²) in [5.74, 6) is -0.620. The minimum atomic E-state index is -0.556. The lowest BCUT2D eigenvalue weighted by Gasteiger charge is -2.29. The molecule has 2 heterocycles. The summed E-state index contributed by atoms with van der Waals surface area (Å²) >= 11 is 11.2. The predicted octanol–water partition coefficient (Wildman–Crippen LogP) is 3.97. The Labute approximate surface area is 183 Å². The highest BCUT2D eigenvalue weighted by Gasteiger charge is 2.36. The Bertz CT molecular complexity index is 1180. The van der Waals surface area contributed by atoms with Gasteiger partial charge in [-0.25, -0.2) is 4.90 Å². The highest BCUT2D eigenvalue weighted by Crippen LogP contribution is 2.31. The molecule has 1 aliphatic heterocycles. The van der Waals surface area contributed by atoms with Gasteiger partial charge < -0.3 is 9.30 Å². The number of ether oxygens (including phenoxy) is 1. The summed E-state index contributed by atoms with van der Waals surface area (Å²) in [6, 6.07) is 17.9. The van der Waals surface area contributed by atoms with Crippen molar-refractivity contribution in [3.8, 4) is 11.4 Å². The van der Waals surface area contributed by atoms with E-state index in [-0.39, 0.29) is 10.7 Å². The Kier molecular flexibility index (Phi) is 5.39. The van der Waals surface area contributed by atoms with Crippen molar-refractivity contribution >= 4 is 52.5 Å². The maximum Gasteiger partial charge on any atom is 0.270 e. The fraction of sp³-hybridized carbons (Fsp3) is 0.0455. The van der Waals surface area contributed by atoms with Gasteiger partial charge in [0.05, 0.1) is 12.8 Å². The van der Waals surface area contributed by atoms with Crippen molar-refractivity contribution < 1.29 is 14.3 Å². The molecule has 6 nitrogen and oxygen atoms in total. The number of benzene rings is 2. The van der Waals surface area contributed by atoms with Crippen molar-refractivity contribution in [2.24, 2.45) is 0 Å². The van der Waals surface area contributed by atoms with Crippen LogP contribution in [0.4, 0.5) is 5.69 Å². The maximum atomic E-state index is 13.3. The van der Waals surface area contributed by atoms with Crippen LogP contribution in [0.15, 0.2) is 72.4 Å². The topological polar surface area (TPSA) is 63.6 Å². The first-order valence-corrected chi connectivity index (χ1v) is 9.76. The van der Waals surface area contributed by atoms with Crippen LogP contribution in [-0.2, 0) is 9.59 Å². The van der Waals surface area contributed by atoms with E-state index in [2.05, 4.69) is 5.32 Å². The fourth-order valence-electron chi connectivity index (χ4n) is 3.19. The first kappa shape index (κ1) is 19.9. The van der Waals surface area contributed by atoms with Crippen LogP contribution in [0.3, 0.4) is 0 Å². The second kappa shape index (κ2) is 8.14. The van der Waals surface area contributed by atoms with Crippen LogP contribution >= 0.6 is 23.8 Å². The number of amides is 2. The van der Waals surface area contributed by atoms with Crippen LogP contribution < -0.4 is 15.0 Å². The first-order valence-electron chi connectivity index (χ1n) is 8.97. The molecule has 30 heavy (non-hydrogen) atoms. The van der Waals surface area contributed by atoms with Gasteiger partial charge in [0.25, 0.3) is 11.8 Å². The molecular weight excluding hydrogens is 422 g/mol. The van der Waals surface area contributed by atoms with Gasteiger partial charge in [-0.15, -0.1) is 0 Å². The molecule has 0 saturated carbocycles. The molecule has 2 amide bonds. The molecule has 1 fully saturated rings. The summed E-state index contributed by atoms with van der Waals surface area (Å²) in [4.78, 5) is 27.1. The number of rotatable bonds is 4. The number of hydrogen-bond acceptors (Lipinski definition) is 4. The minimum absolute atomic E-state index is 0.000246. The van der Waals surface area contributed by atoms with Gasteiger partial charge in [-0.05, 0) is 66.8 Å². The number of carbonyl (C=O) groups excluding carboxylic acids is 2. The molecule has 0 aliphatic carbocycles. The SMILES string of the molecule is COc1ccccc1N1C(=O)/C(=C/c2cccn2-c2ccc(Cl)cc2)C(=O)NC1=S. The highest BCUT2D eigenvalue weighted by molar-refractivity contribution is 7.80. The molecular formula is C22H16ClN3O3S. The highest BCUT2D eigenvalue weighted by atomic mass is 35.5. The van der Waals surface area contributed by atoms with E-state index < -0.39 is 11.8 Å². The Balaban J connectivity index is 1.76. The van der Waals surface area contributed by atoms with E-state index in [1.807, 2.05) is 35.0 Å². The van der Waals surface area contributed by atoms with Crippen molar-refractivity contribution in [2.45, 2.75) is 0 Å². The van der Waals surface area contributed by atoms with Crippen molar-refractivity contribution in [1.29, 1.82) is 0 Å². The zero-order valence-electron chi connectivity index (χ0n) is 15.8. The average Bonchev–Trinajstić information content (AvgIpc) is 3.20. The average molecular weight is 438 g/mol. The minimum Gasteiger partial charge on any atom is -0.495 e. The predicted molar refractivity (Wildman–Crippen MR) is 120 cm³/mol. The molecule has 150 valence electrons. The number of carbonyl (C=O) groups is 2. The molecule has 1 aromatic heterocycles. The third-order valence-electron chi connectivity index (χ3n) is 4.61. The van der Waals surface area contributed by atoms with Gasteiger partial charge in [0.1, 0.15) is 11.3 Å². The zero-order valence-corrected chi connectivity index (χ0v) is 17.4. The molecule has 1 saturated heterocycles. The third-order valence-corrected chi connectivity index (χ3v) is 5.14. The summed E-state index contributed by atoms with van der Waals surface area (Å²) in [6.07, 6.45) is 3.37. The van der Waals surface area contributed by atoms with E-state index in [1.165, 1.54) is 18.1 Å². The van der Waals surface area contributed by atoms with E-state index in [4.69, 9.17) is 28.6 Å². The maximum absolute atomic E-state index is 13.3. The van der Waals surface area contributed by atoms with Crippen LogP contribution in [0.5, 0.6) is 5.75 Å². The zero-order chi connectivity index (χ0) is 21.3. The van der Waals surface area contributed by atoms with E-state index in [0.717, 1.165) is 5.69 Å². The van der Waals surface area contributed by atoms with Crippen LogP contribution in [0.25, 0.3) is 11.8 Å². The summed E-state index contributed by atoms with van der Waals surface area (Å²) < 4.78 is 7.20. The van der Waals surface area contributed by atoms with E-state index in [9.17, 15) is 9.59 Å². The lowest BCUT2D eigenvalue weighted by molar-refractivity contribution is -0.122. The molecule has 3 aromatic rings. The molecule has 0 atom stereocenters. The van der Waals surface area contributed by atoms with Crippen LogP contribution in [-0.4, -0.2) is 28.6 Å². The summed E-state index contributed by atoms with van der Waals surface area (Å²) in [7, 11) is 1.50. The van der Waals surface area contributed by atoms with Crippen LogP contribution in [0, 0.1) is 0 Å². The number of nitrogens with zero attached hydrogens (tertiary/aromatic N) is 2. The fourth-order valence-corrected chi connectivity index (χ4v) is 3.59. The Morgan fingerprint density at radius 3 is 2.50 bits per heavy atom. The number of anilines is 1. The van der Waals surface area contributed by atoms with Gasteiger partial charge in [0.2, 0.25) is 0 Å². The van der Waals surface area contributed by atoms with Gasteiger partial charge in [-0.2, -0.15) is 0 Å². The Morgan fingerprint density at radius 2 is 1.77 bits per heavy atom. The summed E-state index contributed by atoms with van der Waals surface area (Å²) in [5.41, 5.74) is 1.91. The summed E-state index contributed by atoms with van der Waals surface area (Å²) in [5, 5.41) is 3.20. The van der Waals surface area contributed by atoms with Crippen LogP contribution in [0.2, 0.25) is 5.02 Å². The number of aromatic nitrogens is 1. The van der Waals surface area contributed by atoms with Gasteiger partial charge in [0.15, 0.2) is 5.11 Å². The van der Waals surface area contributed by atoms with Gasteiger partial charge in [0, 0.05) is 22.6 Å². The number of hydrogen-bond donors (Lipinski definition) is 1. The molecule has 0 bridgehead atoms. The van der Waals surface area contributed by atoms with Gasteiger partial charge in [-0.1, -0.05) is 23.7 Å². The molecule has 2 aromatic carbocycles. The molecule has 0 unspecified atom stereocenters. The van der Waals surface area contributed by atoms with E-state index in [1.54, 1.807) is 36.4 Å². The van der Waals surface area contributed by atoms with Crippen molar-refractivity contribution in [1.82, 2.24) is 9.88 Å². The van der Waals surface area contributed by atoms with Gasteiger partial charge >= 0.3 is 0 Å². The van der Waals surface area contributed by atoms with Gasteiger partial charge in [-0.3, -0.25) is 14.9 Å². The lowest BCUT2D eigenvalue weighted by Crippen LogP contribution is -2.54. The molecule has 8 heteroatoms. The smallest absolute Gasteiger partial charge is 0.270 e. The second-order valence-electron chi connectivity index (χ2n) is 6.41. The quantitative estimate of drug-likeness (QED) is 0.381. The van der Waals surface area contributed by atoms with Crippen molar-refractivity contribution in [3.05, 3.63) is 83.2 Å². The second-order valence-corrected chi connectivity index (χ2v) is 7.23. The van der Waals surface area contributed by atoms with E-state index in [0.29, 0.717) is 22.2 Å². The number of methoxy groups -OCH3 is 1. The van der Waals surface area contributed by atoms with Crippen molar-refractivity contribution in [2.75, 3.05) is 12.0 Å². The first-order chi connectivity index (χ1) is 14.5. The number of thiocarbonyl (C=S) groups is 1. The van der Waals surface area contributed by atoms with Crippen molar-refractivity contribution in [3.63, 3.8) is 0 Å². The number of para-hydroxylation sites is 2. The largest absolute Gasteiger partial charge is 0.495 e. The number of halogens is 1. The molecule has 0 radical (unpaired) electrons. The molecule has 1 aliphatic rings. The molecule has 1 N–H and O–H groups in total. The Hall–Kier alpha value is -3.42. The molecule has 0 spiro atoms. The Morgan fingerprint density at radius 1 is 1.03 bits per heavy atom. The summed E-state index contributed by atoms with van der Waals surface area (Å²) in [6.45, 7) is 0. The number of nitrogens with one attached hydrogen (secondary N) is 1. The lowest BCUT2D eigenvalue weighted by atomic mass is 10.1. The standard InChI is InChI=1S/C22H16ClN3O3S/c1-29-19-7-3-2-6-18(19)26-21(28)17(20(27)24-22(26)30)13-16-5-4-12-25(16)15-10-8-14(23)9-11-15/h2-13H,1H3,(H,24,27,30)/b17-13+. The monoisotopic (exact) mass is 437 g/mol. The van der Waals surface area contributed by atoms with E-state index >= 15 is 0 Å². The normalized spacial score (nSPS) is 15.5. The molecule has 4 rings (SSSR count). The van der Waals surface area contributed by atoms with Crippen LogP contribution in [0.1, 0.15) is 5.69 Å². The third kappa shape index (κ3) is 3.60.